The third kappa shape index (κ3) is 5.92. The van der Waals surface area contributed by atoms with Crippen LogP contribution in [-0.2, 0) is 14.8 Å². The van der Waals surface area contributed by atoms with E-state index in [0.717, 1.165) is 49.1 Å². The van der Waals surface area contributed by atoms with Crippen molar-refractivity contribution >= 4 is 27.3 Å². The van der Waals surface area contributed by atoms with Crippen molar-refractivity contribution in [2.75, 3.05) is 10.6 Å². The summed E-state index contributed by atoms with van der Waals surface area (Å²) >= 11 is 0. The summed E-state index contributed by atoms with van der Waals surface area (Å²) in [6.45, 7) is 1.73. The summed E-state index contributed by atoms with van der Waals surface area (Å²) < 4.78 is 26.0. The summed E-state index contributed by atoms with van der Waals surface area (Å²) in [6.07, 6.45) is 8.64. The molecular formula is C19H29N3O5S. The minimum Gasteiger partial charge on any atom is -0.352 e. The molecule has 1 aliphatic rings. The summed E-state index contributed by atoms with van der Waals surface area (Å²) in [4.78, 5) is 23.5. The molecular weight excluding hydrogens is 382 g/mol. The number of hydrogen-bond acceptors (Lipinski definition) is 5. The molecule has 0 heterocycles. The van der Waals surface area contributed by atoms with Crippen molar-refractivity contribution in [1.29, 1.82) is 0 Å². The van der Waals surface area contributed by atoms with Gasteiger partial charge in [0.1, 0.15) is 6.04 Å². The quantitative estimate of drug-likeness (QED) is 0.546. The maximum atomic E-state index is 13.0. The fraction of sp³-hybridized carbons (Fsp3) is 0.632. The standard InChI is InChI=1S/C19H29N3O5S/c1-3-18(19(23)20-15-10-7-5-4-6-8-11-15)21(28(2,26)27)16-12-9-13-17(14-16)22(24)25/h9,12-15,18H,3-8,10-11H2,1-2H3,(H,20,23). The van der Waals surface area contributed by atoms with Gasteiger partial charge >= 0.3 is 0 Å². The molecule has 0 spiro atoms. The first-order chi connectivity index (χ1) is 13.2. The second-order valence-corrected chi connectivity index (χ2v) is 9.17. The Hall–Kier alpha value is -2.16. The summed E-state index contributed by atoms with van der Waals surface area (Å²) in [7, 11) is -3.82. The van der Waals surface area contributed by atoms with Crippen LogP contribution in [0.25, 0.3) is 0 Å². The van der Waals surface area contributed by atoms with Gasteiger partial charge in [0.15, 0.2) is 0 Å². The first-order valence-electron chi connectivity index (χ1n) is 9.78. The smallest absolute Gasteiger partial charge is 0.271 e. The van der Waals surface area contributed by atoms with Gasteiger partial charge in [0, 0.05) is 18.2 Å². The number of amides is 1. The summed E-state index contributed by atoms with van der Waals surface area (Å²) in [5, 5.41) is 14.1. The molecule has 0 radical (unpaired) electrons. The zero-order valence-corrected chi connectivity index (χ0v) is 17.3. The van der Waals surface area contributed by atoms with Gasteiger partial charge in [-0.2, -0.15) is 0 Å². The molecule has 1 unspecified atom stereocenters. The number of rotatable bonds is 7. The Morgan fingerprint density at radius 1 is 1.25 bits per heavy atom. The Bertz CT molecular complexity index is 789. The fourth-order valence-corrected chi connectivity index (χ4v) is 4.91. The molecule has 8 nitrogen and oxygen atoms in total. The number of nitro groups is 1. The molecule has 1 atom stereocenters. The number of anilines is 1. The molecule has 1 aliphatic carbocycles. The molecule has 1 N–H and O–H groups in total. The van der Waals surface area contributed by atoms with Gasteiger partial charge in [-0.3, -0.25) is 19.2 Å². The van der Waals surface area contributed by atoms with Gasteiger partial charge in [-0.1, -0.05) is 45.1 Å². The van der Waals surface area contributed by atoms with Crippen LogP contribution in [0, 0.1) is 10.1 Å². The Labute approximate surface area is 166 Å². The number of nitro benzene ring substituents is 1. The number of non-ortho nitro benzene ring substituents is 1. The van der Waals surface area contributed by atoms with Crippen LogP contribution < -0.4 is 9.62 Å². The summed E-state index contributed by atoms with van der Waals surface area (Å²) in [5.74, 6) is -0.356. The molecule has 2 rings (SSSR count). The van der Waals surface area contributed by atoms with E-state index in [1.165, 1.54) is 30.7 Å². The van der Waals surface area contributed by atoms with Gasteiger partial charge < -0.3 is 5.32 Å². The molecule has 1 saturated carbocycles. The summed E-state index contributed by atoms with van der Waals surface area (Å²) in [5.41, 5.74) is -0.0993. The zero-order valence-electron chi connectivity index (χ0n) is 16.5. The lowest BCUT2D eigenvalue weighted by atomic mass is 9.96. The van der Waals surface area contributed by atoms with E-state index in [2.05, 4.69) is 5.32 Å². The van der Waals surface area contributed by atoms with E-state index in [-0.39, 0.29) is 29.7 Å². The highest BCUT2D eigenvalue weighted by Gasteiger charge is 2.33. The first-order valence-corrected chi connectivity index (χ1v) is 11.6. The number of carbonyl (C=O) groups is 1. The van der Waals surface area contributed by atoms with Crippen molar-refractivity contribution in [2.45, 2.75) is 70.4 Å². The van der Waals surface area contributed by atoms with Crippen LogP contribution in [-0.4, -0.2) is 37.6 Å². The van der Waals surface area contributed by atoms with Crippen molar-refractivity contribution in [3.05, 3.63) is 34.4 Å². The predicted molar refractivity (Wildman–Crippen MR) is 109 cm³/mol. The number of hydrogen-bond donors (Lipinski definition) is 1. The monoisotopic (exact) mass is 411 g/mol. The number of sulfonamides is 1. The largest absolute Gasteiger partial charge is 0.352 e. The Balaban J connectivity index is 2.28. The van der Waals surface area contributed by atoms with Crippen LogP contribution >= 0.6 is 0 Å². The third-order valence-corrected chi connectivity index (χ3v) is 6.26. The number of nitrogens with one attached hydrogen (secondary N) is 1. The second-order valence-electron chi connectivity index (χ2n) is 7.31. The van der Waals surface area contributed by atoms with Gasteiger partial charge in [0.25, 0.3) is 5.69 Å². The van der Waals surface area contributed by atoms with Crippen molar-refractivity contribution < 1.29 is 18.1 Å². The fourth-order valence-electron chi connectivity index (χ4n) is 3.70. The van der Waals surface area contributed by atoms with Crippen molar-refractivity contribution in [3.63, 3.8) is 0 Å². The predicted octanol–water partition coefficient (Wildman–Crippen LogP) is 3.37. The Kier molecular flexibility index (Phi) is 7.79. The molecule has 1 amide bonds. The number of carbonyl (C=O) groups excluding carboxylic acids is 1. The highest BCUT2D eigenvalue weighted by atomic mass is 32.2. The van der Waals surface area contributed by atoms with Gasteiger partial charge in [0.05, 0.1) is 16.9 Å². The van der Waals surface area contributed by atoms with Crippen LogP contribution in [0.1, 0.15) is 58.3 Å². The Morgan fingerprint density at radius 3 is 2.39 bits per heavy atom. The normalized spacial score (nSPS) is 17.2. The topological polar surface area (TPSA) is 110 Å². The van der Waals surface area contributed by atoms with Crippen LogP contribution in [0.4, 0.5) is 11.4 Å². The van der Waals surface area contributed by atoms with Crippen LogP contribution in [0.3, 0.4) is 0 Å². The molecule has 0 bridgehead atoms. The molecule has 0 aliphatic heterocycles. The van der Waals surface area contributed by atoms with E-state index < -0.39 is 21.0 Å². The lowest BCUT2D eigenvalue weighted by molar-refractivity contribution is -0.384. The lowest BCUT2D eigenvalue weighted by Gasteiger charge is -2.31. The SMILES string of the molecule is CCC(C(=O)NC1CCCCCCC1)N(c1cccc([N+](=O)[O-])c1)S(C)(=O)=O. The minimum absolute atomic E-state index is 0.0355. The van der Waals surface area contributed by atoms with Crippen LogP contribution in [0.15, 0.2) is 24.3 Å². The highest BCUT2D eigenvalue weighted by molar-refractivity contribution is 7.92. The van der Waals surface area contributed by atoms with Gasteiger partial charge in [-0.15, -0.1) is 0 Å². The highest BCUT2D eigenvalue weighted by Crippen LogP contribution is 2.27. The van der Waals surface area contributed by atoms with Crippen molar-refractivity contribution in [2.24, 2.45) is 0 Å². The van der Waals surface area contributed by atoms with E-state index in [0.29, 0.717) is 0 Å². The minimum atomic E-state index is -3.82. The van der Waals surface area contributed by atoms with E-state index in [9.17, 15) is 23.3 Å². The van der Waals surface area contributed by atoms with Gasteiger partial charge in [-0.25, -0.2) is 8.42 Å². The van der Waals surface area contributed by atoms with E-state index >= 15 is 0 Å². The van der Waals surface area contributed by atoms with Crippen molar-refractivity contribution in [3.8, 4) is 0 Å². The van der Waals surface area contributed by atoms with Gasteiger partial charge in [0.2, 0.25) is 15.9 Å². The lowest BCUT2D eigenvalue weighted by Crippen LogP contribution is -2.51. The maximum Gasteiger partial charge on any atom is 0.271 e. The molecule has 28 heavy (non-hydrogen) atoms. The summed E-state index contributed by atoms with van der Waals surface area (Å²) in [6, 6.07) is 4.45. The molecule has 1 aromatic carbocycles. The first kappa shape index (κ1) is 22.1. The maximum absolute atomic E-state index is 13.0. The Morgan fingerprint density at radius 2 is 1.86 bits per heavy atom. The average Bonchev–Trinajstić information content (AvgIpc) is 2.60. The molecule has 1 fully saturated rings. The van der Waals surface area contributed by atoms with Gasteiger partial charge in [-0.05, 0) is 25.3 Å². The molecule has 1 aromatic rings. The molecule has 0 saturated heterocycles. The number of nitrogens with zero attached hydrogens (tertiary/aromatic N) is 2. The van der Waals surface area contributed by atoms with Crippen LogP contribution in [0.5, 0.6) is 0 Å². The average molecular weight is 412 g/mol. The third-order valence-electron chi connectivity index (χ3n) is 5.08. The zero-order chi connectivity index (χ0) is 20.7. The second kappa shape index (κ2) is 9.86. The van der Waals surface area contributed by atoms with E-state index in [4.69, 9.17) is 0 Å². The molecule has 156 valence electrons. The number of benzene rings is 1. The van der Waals surface area contributed by atoms with E-state index in [1.54, 1.807) is 6.92 Å². The van der Waals surface area contributed by atoms with Crippen molar-refractivity contribution in [1.82, 2.24) is 5.32 Å². The molecule has 9 heteroatoms. The van der Waals surface area contributed by atoms with E-state index in [1.807, 2.05) is 0 Å². The molecule has 0 aromatic heterocycles. The van der Waals surface area contributed by atoms with Crippen LogP contribution in [0.2, 0.25) is 0 Å².